The van der Waals surface area contributed by atoms with Gasteiger partial charge in [0.2, 0.25) is 11.8 Å². The van der Waals surface area contributed by atoms with E-state index in [1.54, 1.807) is 32.6 Å². The maximum atomic E-state index is 16.1. The Morgan fingerprint density at radius 3 is 2.44 bits per heavy atom. The molecule has 5 N–H and O–H groups in total. The number of benzene rings is 4. The second-order valence-corrected chi connectivity index (χ2v) is 22.4. The number of aliphatic hydroxyl groups is 2. The van der Waals surface area contributed by atoms with Gasteiger partial charge in [-0.2, -0.15) is 20.2 Å². The Balaban J connectivity index is 0.819. The quantitative estimate of drug-likeness (QED) is 0.0508. The molecule has 3 aliphatic heterocycles. The van der Waals surface area contributed by atoms with Gasteiger partial charge < -0.3 is 44.9 Å². The molecule has 2 amide bonds. The molecule has 3 saturated heterocycles. The van der Waals surface area contributed by atoms with Gasteiger partial charge in [-0.05, 0) is 97.9 Å². The third-order valence-electron chi connectivity index (χ3n) is 16.6. The second kappa shape index (κ2) is 22.2. The number of carbonyl (C=O) groups excluding carboxylic acids is 2. The number of amides is 2. The fourth-order valence-corrected chi connectivity index (χ4v) is 12.1. The number of carbonyl (C=O) groups is 2. The molecule has 2 bridgehead atoms. The number of rotatable bonds is 20. The van der Waals surface area contributed by atoms with Crippen molar-refractivity contribution in [1.29, 1.82) is 0 Å². The van der Waals surface area contributed by atoms with Crippen LogP contribution in [0.5, 0.6) is 11.8 Å². The van der Waals surface area contributed by atoms with Crippen LogP contribution in [0.25, 0.3) is 55.4 Å². The molecule has 81 heavy (non-hydrogen) atoms. The number of methoxy groups -OCH3 is 1. The number of likely N-dealkylation sites (tertiary alicyclic amines) is 1. The summed E-state index contributed by atoms with van der Waals surface area (Å²) in [5.74, 6) is -0.0112. The van der Waals surface area contributed by atoms with E-state index < -0.39 is 30.1 Å². The Morgan fingerprint density at radius 1 is 0.951 bits per heavy atom. The number of halogens is 1. The Kier molecular flexibility index (Phi) is 14.8. The van der Waals surface area contributed by atoms with Gasteiger partial charge in [0.1, 0.15) is 48.1 Å². The summed E-state index contributed by atoms with van der Waals surface area (Å²) in [6.45, 7) is 11.8. The second-order valence-electron chi connectivity index (χ2n) is 22.4. The topological polar surface area (TPSA) is 236 Å². The number of β-amino-alcohol motifs (C(OH)–C–C–N with tert-alkyl or cyclic N) is 1. The van der Waals surface area contributed by atoms with Crippen LogP contribution in [0.15, 0.2) is 85.3 Å². The minimum absolute atomic E-state index is 0.0388. The van der Waals surface area contributed by atoms with Gasteiger partial charge in [-0.1, -0.05) is 67.6 Å². The molecule has 4 aliphatic rings. The minimum Gasteiger partial charge on any atom is -0.486 e. The third-order valence-corrected chi connectivity index (χ3v) is 16.6. The first-order valence-corrected chi connectivity index (χ1v) is 28.1. The molecular formula is C60H68FN13O7. The number of aryl methyl sites for hydroxylation is 1. The Bertz CT molecular complexity index is 3620. The summed E-state index contributed by atoms with van der Waals surface area (Å²) in [6.07, 6.45) is 7.05. The minimum atomic E-state index is -0.985. The molecule has 7 atom stereocenters. The summed E-state index contributed by atoms with van der Waals surface area (Å²) < 4.78 is 38.5. The first-order valence-electron chi connectivity index (χ1n) is 28.1. The molecule has 7 heterocycles. The lowest BCUT2D eigenvalue weighted by Crippen LogP contribution is -2.50. The molecule has 21 heteroatoms. The highest BCUT2D eigenvalue weighted by Crippen LogP contribution is 2.53. The van der Waals surface area contributed by atoms with Gasteiger partial charge in [0.25, 0.3) is 0 Å². The maximum Gasteiger partial charge on any atom is 0.319 e. The van der Waals surface area contributed by atoms with Gasteiger partial charge in [-0.25, -0.2) is 9.07 Å². The smallest absolute Gasteiger partial charge is 0.319 e. The van der Waals surface area contributed by atoms with Crippen LogP contribution < -0.4 is 25.0 Å². The predicted molar refractivity (Wildman–Crippen MR) is 302 cm³/mol. The lowest BCUT2D eigenvalue weighted by Gasteiger charge is -2.30. The molecule has 12 rings (SSSR count). The number of fused-ring (bicyclic) bond motifs is 4. The van der Waals surface area contributed by atoms with Gasteiger partial charge in [-0.3, -0.25) is 19.4 Å². The van der Waals surface area contributed by atoms with E-state index in [1.165, 1.54) is 15.6 Å². The Labute approximate surface area is 468 Å². The van der Waals surface area contributed by atoms with Crippen LogP contribution in [0, 0.1) is 18.7 Å². The zero-order valence-corrected chi connectivity index (χ0v) is 46.3. The predicted octanol–water partition coefficient (Wildman–Crippen LogP) is 7.19. The van der Waals surface area contributed by atoms with Crippen molar-refractivity contribution < 1.29 is 38.4 Å². The average Bonchev–Trinajstić information content (AvgIpc) is 4.07. The van der Waals surface area contributed by atoms with E-state index in [4.69, 9.17) is 24.2 Å². The van der Waals surface area contributed by atoms with E-state index in [1.807, 2.05) is 87.0 Å². The van der Waals surface area contributed by atoms with Crippen LogP contribution in [0.4, 0.5) is 10.2 Å². The number of aromatic amines is 1. The van der Waals surface area contributed by atoms with E-state index in [-0.39, 0.29) is 74.5 Å². The fourth-order valence-electron chi connectivity index (χ4n) is 12.1. The number of nitrogens with zero attached hydrogens (tertiary/aromatic N) is 10. The molecule has 20 nitrogen and oxygen atoms in total. The zero-order chi connectivity index (χ0) is 56.2. The van der Waals surface area contributed by atoms with Gasteiger partial charge in [0.05, 0.1) is 48.5 Å². The van der Waals surface area contributed by atoms with E-state index >= 15 is 4.39 Å². The molecular weight excluding hydrogens is 1030 g/mol. The SMILES string of the molecule is CCn1nccc1-c1ccc([C@H](CO)NC(=O)[C@@H]2C[C@@H](O)CN2C(=O)[C@H](C(C)C)n2cc(-c3ccc(COc4c(-c5c(C)c(F)cc6[nH]ncc56)c(C5CC5)cc5c(N6C[C@H]7C[C@@H]6CN7)nc(OC[C@H](C)OC)nc45)cc3)nn2)cc1. The van der Waals surface area contributed by atoms with Gasteiger partial charge in [0, 0.05) is 85.5 Å². The average molecular weight is 1100 g/mol. The maximum absolute atomic E-state index is 16.1. The Morgan fingerprint density at radius 2 is 1.74 bits per heavy atom. The number of H-pyrrole nitrogens is 1. The summed E-state index contributed by atoms with van der Waals surface area (Å²) in [5, 5.41) is 50.2. The standard InChI is InChI=1S/C60H68FN13O7/c1-7-73-50(18-19-64-73)39-16-14-38(15-17-39)49(29-75)65-58(77)51-21-42(76)27-72(51)59(78)55(32(2)3)74-28-48(69-70-74)37-10-8-35(9-11-37)31-80-56-53(52-34(5)46(61)23-47-45(52)25-63-68-47)43(36-12-13-36)22-44-54(56)66-60(81-30-33(4)79-6)67-57(44)71-26-40-20-41(71)24-62-40/h8-11,14-19,22-23,25,28,32-33,36,40-42,49,51,55,62,75-76H,7,12-13,20-21,24,26-27,29-31H2,1-6H3,(H,63,68)(H,65,77)/t33-,40+,41+,42+,49-,51-,55-/m0/s1. The van der Waals surface area contributed by atoms with Gasteiger partial charge in [0.15, 0.2) is 5.75 Å². The van der Waals surface area contributed by atoms with Crippen molar-refractivity contribution in [2.45, 2.75) is 122 Å². The highest BCUT2D eigenvalue weighted by Gasteiger charge is 2.44. The van der Waals surface area contributed by atoms with Crippen LogP contribution in [0.2, 0.25) is 0 Å². The number of nitrogens with one attached hydrogen (secondary N) is 3. The molecule has 0 unspecified atom stereocenters. The monoisotopic (exact) mass is 1100 g/mol. The van der Waals surface area contributed by atoms with Crippen molar-refractivity contribution in [3.8, 4) is 45.4 Å². The number of hydrogen-bond acceptors (Lipinski definition) is 15. The van der Waals surface area contributed by atoms with E-state index in [0.29, 0.717) is 51.8 Å². The molecule has 0 spiro atoms. The molecule has 1 aliphatic carbocycles. The van der Waals surface area contributed by atoms with Gasteiger partial charge >= 0.3 is 6.01 Å². The van der Waals surface area contributed by atoms with Crippen LogP contribution >= 0.6 is 0 Å². The lowest BCUT2D eigenvalue weighted by molar-refractivity contribution is -0.142. The first kappa shape index (κ1) is 53.8. The van der Waals surface area contributed by atoms with Crippen molar-refractivity contribution in [2.75, 3.05) is 44.9 Å². The van der Waals surface area contributed by atoms with Crippen molar-refractivity contribution >= 4 is 39.4 Å². The van der Waals surface area contributed by atoms with Gasteiger partial charge in [-0.15, -0.1) is 5.10 Å². The third kappa shape index (κ3) is 10.4. The number of hydrogen-bond donors (Lipinski definition) is 5. The van der Waals surface area contributed by atoms with E-state index in [9.17, 15) is 19.8 Å². The summed E-state index contributed by atoms with van der Waals surface area (Å²) in [6, 6.07) is 19.1. The number of ether oxygens (including phenoxy) is 3. The number of aromatic nitrogens is 9. The molecule has 4 aromatic carbocycles. The molecule has 1 saturated carbocycles. The molecule has 4 aromatic heterocycles. The zero-order valence-electron chi connectivity index (χ0n) is 46.3. The largest absolute Gasteiger partial charge is 0.486 e. The van der Waals surface area contributed by atoms with Crippen molar-refractivity contribution in [2.24, 2.45) is 5.92 Å². The van der Waals surface area contributed by atoms with E-state index in [0.717, 1.165) is 82.5 Å². The number of anilines is 1. The first-order chi connectivity index (χ1) is 39.3. The summed E-state index contributed by atoms with van der Waals surface area (Å²) in [7, 11) is 1.64. The number of piperazine rings is 1. The van der Waals surface area contributed by atoms with Crippen LogP contribution in [-0.4, -0.2) is 142 Å². The summed E-state index contributed by atoms with van der Waals surface area (Å²) in [5.41, 5.74) is 8.80. The van der Waals surface area contributed by atoms with Crippen molar-refractivity contribution in [1.82, 2.24) is 60.5 Å². The van der Waals surface area contributed by atoms with Crippen LogP contribution in [0.3, 0.4) is 0 Å². The van der Waals surface area contributed by atoms with E-state index in [2.05, 4.69) is 47.2 Å². The van der Waals surface area contributed by atoms with Crippen LogP contribution in [-0.2, 0) is 27.5 Å². The highest BCUT2D eigenvalue weighted by molar-refractivity contribution is 6.06. The van der Waals surface area contributed by atoms with Crippen molar-refractivity contribution in [3.63, 3.8) is 0 Å². The summed E-state index contributed by atoms with van der Waals surface area (Å²) >= 11 is 0. The molecule has 422 valence electrons. The fraction of sp³-hybridized carbons (Fsp3) is 0.433. The molecule has 0 radical (unpaired) electrons. The summed E-state index contributed by atoms with van der Waals surface area (Å²) in [4.78, 5) is 42.7. The molecule has 8 aromatic rings. The lowest BCUT2D eigenvalue weighted by atomic mass is 9.88. The number of aliphatic hydroxyl groups excluding tert-OH is 2. The molecule has 4 fully saturated rings. The van der Waals surface area contributed by atoms with Crippen LogP contribution in [0.1, 0.15) is 93.6 Å². The highest BCUT2D eigenvalue weighted by atomic mass is 19.1. The van der Waals surface area contributed by atoms with Crippen molar-refractivity contribution in [3.05, 3.63) is 113 Å². The Hall–Kier alpha value is -7.85. The normalized spacial score (nSPS) is 20.0.